The molecular formula is C22H28N2O2. The third-order valence-corrected chi connectivity index (χ3v) is 4.50. The first-order chi connectivity index (χ1) is 12.3. The average Bonchev–Trinajstić information content (AvgIpc) is 2.62. The lowest BCUT2D eigenvalue weighted by Crippen LogP contribution is -2.27. The Morgan fingerprint density at radius 3 is 2.04 bits per heavy atom. The minimum Gasteiger partial charge on any atom is -0.342 e. The number of benzene rings is 2. The van der Waals surface area contributed by atoms with Gasteiger partial charge in [0.1, 0.15) is 0 Å². The predicted molar refractivity (Wildman–Crippen MR) is 107 cm³/mol. The number of anilines is 1. The minimum atomic E-state index is -0.168. The van der Waals surface area contributed by atoms with Gasteiger partial charge >= 0.3 is 0 Å². The molecule has 2 aromatic rings. The molecule has 0 heterocycles. The van der Waals surface area contributed by atoms with Crippen molar-refractivity contribution in [3.05, 3.63) is 64.2 Å². The molecule has 0 aliphatic carbocycles. The van der Waals surface area contributed by atoms with Crippen molar-refractivity contribution in [2.24, 2.45) is 0 Å². The summed E-state index contributed by atoms with van der Waals surface area (Å²) >= 11 is 0. The van der Waals surface area contributed by atoms with E-state index in [4.69, 9.17) is 0 Å². The summed E-state index contributed by atoms with van der Waals surface area (Å²) in [5, 5.41) is 2.99. The van der Waals surface area contributed by atoms with E-state index in [2.05, 4.69) is 24.4 Å². The number of carbonyl (C=O) groups excluding carboxylic acids is 2. The summed E-state index contributed by atoms with van der Waals surface area (Å²) in [6, 6.07) is 10.9. The number of rotatable bonds is 6. The van der Waals surface area contributed by atoms with E-state index in [0.29, 0.717) is 11.1 Å². The number of nitrogens with one attached hydrogen (secondary N) is 1. The lowest BCUT2D eigenvalue weighted by molar-refractivity contribution is 0.0792. The summed E-state index contributed by atoms with van der Waals surface area (Å²) in [6.45, 7) is 8.86. The number of carbonyl (C=O) groups is 2. The Bertz CT molecular complexity index is 771. The molecule has 2 rings (SSSR count). The van der Waals surface area contributed by atoms with Gasteiger partial charge in [0.2, 0.25) is 0 Å². The second-order valence-electron chi connectivity index (χ2n) is 6.89. The standard InChI is InChI=1S/C22H28N2O2/c1-6-7-12-24(5)22(26)19-10-8-18(9-11-19)21(25)23-20-16(3)13-15(2)14-17(20)4/h8-11,13-14H,6-7,12H2,1-5H3,(H,23,25). The molecule has 0 bridgehead atoms. The number of nitrogens with zero attached hydrogens (tertiary/aromatic N) is 1. The van der Waals surface area contributed by atoms with Crippen molar-refractivity contribution >= 4 is 17.5 Å². The van der Waals surface area contributed by atoms with Crippen LogP contribution >= 0.6 is 0 Å². The Morgan fingerprint density at radius 1 is 0.962 bits per heavy atom. The summed E-state index contributed by atoms with van der Waals surface area (Å²) < 4.78 is 0. The molecule has 0 saturated heterocycles. The highest BCUT2D eigenvalue weighted by atomic mass is 16.2. The van der Waals surface area contributed by atoms with Crippen LogP contribution in [0.15, 0.2) is 36.4 Å². The molecule has 0 saturated carbocycles. The van der Waals surface area contributed by atoms with Crippen molar-refractivity contribution in [3.8, 4) is 0 Å². The first-order valence-electron chi connectivity index (χ1n) is 9.08. The second kappa shape index (κ2) is 8.65. The molecule has 0 unspecified atom stereocenters. The number of hydrogen-bond donors (Lipinski definition) is 1. The van der Waals surface area contributed by atoms with E-state index in [9.17, 15) is 9.59 Å². The van der Waals surface area contributed by atoms with Gasteiger partial charge in [0.15, 0.2) is 0 Å². The van der Waals surface area contributed by atoms with Crippen molar-refractivity contribution < 1.29 is 9.59 Å². The van der Waals surface area contributed by atoms with Gasteiger partial charge in [0, 0.05) is 30.4 Å². The van der Waals surface area contributed by atoms with Gasteiger partial charge in [-0.3, -0.25) is 9.59 Å². The fourth-order valence-electron chi connectivity index (χ4n) is 3.04. The number of unbranched alkanes of at least 4 members (excludes halogenated alkanes) is 1. The Hall–Kier alpha value is -2.62. The SMILES string of the molecule is CCCCN(C)C(=O)c1ccc(C(=O)Nc2c(C)cc(C)cc2C)cc1. The van der Waals surface area contributed by atoms with E-state index in [1.807, 2.05) is 27.8 Å². The van der Waals surface area contributed by atoms with E-state index < -0.39 is 0 Å². The third-order valence-electron chi connectivity index (χ3n) is 4.50. The molecule has 0 fully saturated rings. The molecule has 0 atom stereocenters. The van der Waals surface area contributed by atoms with Crippen LogP contribution in [-0.2, 0) is 0 Å². The molecule has 0 aromatic heterocycles. The van der Waals surface area contributed by atoms with Gasteiger partial charge < -0.3 is 10.2 Å². The molecule has 0 aliphatic heterocycles. The molecule has 4 heteroatoms. The largest absolute Gasteiger partial charge is 0.342 e. The minimum absolute atomic E-state index is 0.0179. The molecule has 1 N–H and O–H groups in total. The maximum absolute atomic E-state index is 12.6. The summed E-state index contributed by atoms with van der Waals surface area (Å²) in [7, 11) is 1.81. The van der Waals surface area contributed by atoms with Crippen LogP contribution in [0.5, 0.6) is 0 Å². The maximum atomic E-state index is 12.6. The van der Waals surface area contributed by atoms with Gasteiger partial charge in [-0.05, 0) is 62.6 Å². The maximum Gasteiger partial charge on any atom is 0.255 e. The van der Waals surface area contributed by atoms with Crippen LogP contribution in [0.1, 0.15) is 57.2 Å². The van der Waals surface area contributed by atoms with Gasteiger partial charge in [-0.2, -0.15) is 0 Å². The van der Waals surface area contributed by atoms with Gasteiger partial charge in [0.05, 0.1) is 0 Å². The Labute approximate surface area is 156 Å². The zero-order valence-electron chi connectivity index (χ0n) is 16.3. The molecule has 4 nitrogen and oxygen atoms in total. The normalized spacial score (nSPS) is 10.5. The van der Waals surface area contributed by atoms with Gasteiger partial charge in [-0.25, -0.2) is 0 Å². The third kappa shape index (κ3) is 4.72. The van der Waals surface area contributed by atoms with Crippen molar-refractivity contribution in [3.63, 3.8) is 0 Å². The molecular weight excluding hydrogens is 324 g/mol. The summed E-state index contributed by atoms with van der Waals surface area (Å²) in [5.74, 6) is -0.186. The van der Waals surface area contributed by atoms with E-state index in [-0.39, 0.29) is 11.8 Å². The van der Waals surface area contributed by atoms with Crippen molar-refractivity contribution in [1.29, 1.82) is 0 Å². The van der Waals surface area contributed by atoms with Crippen LogP contribution in [0, 0.1) is 20.8 Å². The van der Waals surface area contributed by atoms with Gasteiger partial charge in [-0.1, -0.05) is 31.0 Å². The van der Waals surface area contributed by atoms with Gasteiger partial charge in [0.25, 0.3) is 11.8 Å². The Morgan fingerprint density at radius 2 is 1.50 bits per heavy atom. The Kier molecular flexibility index (Phi) is 6.56. The highest BCUT2D eigenvalue weighted by molar-refractivity contribution is 6.05. The highest BCUT2D eigenvalue weighted by Gasteiger charge is 2.14. The van der Waals surface area contributed by atoms with Crippen LogP contribution in [0.2, 0.25) is 0 Å². The lowest BCUT2D eigenvalue weighted by Gasteiger charge is -2.17. The predicted octanol–water partition coefficient (Wildman–Crippen LogP) is 4.74. The number of amides is 2. The van der Waals surface area contributed by atoms with Crippen LogP contribution in [0.25, 0.3) is 0 Å². The lowest BCUT2D eigenvalue weighted by atomic mass is 10.0. The zero-order chi connectivity index (χ0) is 19.3. The molecule has 0 radical (unpaired) electrons. The van der Waals surface area contributed by atoms with Crippen LogP contribution in [0.4, 0.5) is 5.69 Å². The summed E-state index contributed by atoms with van der Waals surface area (Å²) in [4.78, 5) is 26.6. The van der Waals surface area contributed by atoms with Crippen molar-refractivity contribution in [2.45, 2.75) is 40.5 Å². The van der Waals surface area contributed by atoms with Crippen LogP contribution in [-0.4, -0.2) is 30.3 Å². The smallest absolute Gasteiger partial charge is 0.255 e. The molecule has 0 spiro atoms. The quantitative estimate of drug-likeness (QED) is 0.816. The molecule has 138 valence electrons. The Balaban J connectivity index is 2.11. The number of hydrogen-bond acceptors (Lipinski definition) is 2. The first-order valence-corrected chi connectivity index (χ1v) is 9.08. The van der Waals surface area contributed by atoms with Crippen LogP contribution in [0.3, 0.4) is 0 Å². The molecule has 2 aromatic carbocycles. The van der Waals surface area contributed by atoms with E-state index in [1.165, 1.54) is 5.56 Å². The zero-order valence-corrected chi connectivity index (χ0v) is 16.3. The molecule has 2 amide bonds. The monoisotopic (exact) mass is 352 g/mol. The molecule has 26 heavy (non-hydrogen) atoms. The van der Waals surface area contributed by atoms with Gasteiger partial charge in [-0.15, -0.1) is 0 Å². The summed E-state index contributed by atoms with van der Waals surface area (Å²) in [6.07, 6.45) is 2.03. The average molecular weight is 352 g/mol. The topological polar surface area (TPSA) is 49.4 Å². The molecule has 0 aliphatic rings. The second-order valence-corrected chi connectivity index (χ2v) is 6.89. The van der Waals surface area contributed by atoms with Crippen molar-refractivity contribution in [2.75, 3.05) is 18.9 Å². The van der Waals surface area contributed by atoms with Crippen LogP contribution < -0.4 is 5.32 Å². The first kappa shape index (κ1) is 19.7. The highest BCUT2D eigenvalue weighted by Crippen LogP contribution is 2.22. The van der Waals surface area contributed by atoms with E-state index >= 15 is 0 Å². The number of aryl methyl sites for hydroxylation is 3. The fraction of sp³-hybridized carbons (Fsp3) is 0.364. The van der Waals surface area contributed by atoms with Crippen molar-refractivity contribution in [1.82, 2.24) is 4.90 Å². The van der Waals surface area contributed by atoms with E-state index in [1.54, 1.807) is 29.2 Å². The fourth-order valence-corrected chi connectivity index (χ4v) is 3.04. The van der Waals surface area contributed by atoms with E-state index in [0.717, 1.165) is 36.2 Å². The summed E-state index contributed by atoms with van der Waals surface area (Å²) in [5.41, 5.74) is 5.24.